The molecule has 0 unspecified atom stereocenters. The Morgan fingerprint density at radius 2 is 1.10 bits per heavy atom. The minimum absolute atomic E-state index is 0. The van der Waals surface area contributed by atoms with Crippen LogP contribution in [-0.4, -0.2) is 121 Å². The van der Waals surface area contributed by atoms with Crippen molar-refractivity contribution in [3.05, 3.63) is 29.8 Å². The summed E-state index contributed by atoms with van der Waals surface area (Å²) in [6.45, 7) is 6.45. The Balaban J connectivity index is 0.00000840. The molecule has 1 aliphatic heterocycles. The van der Waals surface area contributed by atoms with Gasteiger partial charge in [-0.1, -0.05) is 26.0 Å². The van der Waals surface area contributed by atoms with Gasteiger partial charge in [0.2, 0.25) is 5.91 Å². The second-order valence-electron chi connectivity index (χ2n) is 10.6. The van der Waals surface area contributed by atoms with Crippen LogP contribution in [-0.2, 0) is 25.7 Å². The number of amides is 1. The number of carbonyl (C=O) groups is 4. The van der Waals surface area contributed by atoms with E-state index in [9.17, 15) is 34.5 Å². The molecule has 1 aromatic carbocycles. The van der Waals surface area contributed by atoms with E-state index in [4.69, 9.17) is 5.73 Å². The minimum Gasteiger partial charge on any atom is -0.549 e. The molecule has 230 valence electrons. The van der Waals surface area contributed by atoms with Gasteiger partial charge in [0, 0.05) is 84.2 Å². The van der Waals surface area contributed by atoms with E-state index in [-0.39, 0.29) is 77.2 Å². The standard InChI is InChI=1S/C27H44N6O7.Tb/c1-20(2)15-23(28)27(40)29-22-5-3-21(4-6-22)16-30-7-9-31(17-24(34)35)11-13-33(19-26(38)39)14-12-32(10-8-30)18-25(36)37;/h3-6,20,23H,7-19,28H2,1-2H3,(H,29,40)(H,34,35)(H,36,37)(H,38,39);/q;+3/p-3/t23-;/m0./s1. The van der Waals surface area contributed by atoms with Crippen molar-refractivity contribution in [1.82, 2.24) is 19.6 Å². The summed E-state index contributed by atoms with van der Waals surface area (Å²) in [5, 5.41) is 36.7. The van der Waals surface area contributed by atoms with Crippen molar-refractivity contribution in [2.45, 2.75) is 32.9 Å². The normalized spacial score (nSPS) is 17.6. The Morgan fingerprint density at radius 1 is 0.732 bits per heavy atom. The first-order valence-corrected chi connectivity index (χ1v) is 13.6. The maximum absolute atomic E-state index is 12.3. The molecule has 1 amide bonds. The van der Waals surface area contributed by atoms with Gasteiger partial charge in [-0.2, -0.15) is 0 Å². The summed E-state index contributed by atoms with van der Waals surface area (Å²) in [6.07, 6.45) is 0.581. The zero-order valence-electron chi connectivity index (χ0n) is 23.7. The summed E-state index contributed by atoms with van der Waals surface area (Å²) >= 11 is 0. The van der Waals surface area contributed by atoms with Gasteiger partial charge >= 0.3 is 38.6 Å². The van der Waals surface area contributed by atoms with Crippen molar-refractivity contribution in [1.29, 1.82) is 0 Å². The van der Waals surface area contributed by atoms with E-state index in [1.54, 1.807) is 26.8 Å². The van der Waals surface area contributed by atoms with Crippen molar-refractivity contribution >= 4 is 29.5 Å². The molecule has 0 spiro atoms. The third-order valence-corrected chi connectivity index (χ3v) is 6.68. The molecular weight excluding hydrogens is 679 g/mol. The summed E-state index contributed by atoms with van der Waals surface area (Å²) in [5.41, 5.74) is 7.55. The number of nitrogens with two attached hydrogens (primary N) is 1. The molecule has 0 saturated carbocycles. The fourth-order valence-corrected chi connectivity index (χ4v) is 4.56. The van der Waals surface area contributed by atoms with Crippen LogP contribution in [0.4, 0.5) is 5.69 Å². The number of hydrogen-bond acceptors (Lipinski definition) is 12. The molecule has 1 aromatic rings. The van der Waals surface area contributed by atoms with Gasteiger partial charge in [-0.05, 0) is 30.0 Å². The summed E-state index contributed by atoms with van der Waals surface area (Å²) < 4.78 is 0. The van der Waals surface area contributed by atoms with E-state index in [0.717, 1.165) is 5.56 Å². The first kappa shape index (κ1) is 37.2. The van der Waals surface area contributed by atoms with Gasteiger partial charge in [0.05, 0.1) is 23.9 Å². The number of nitrogens with zero attached hydrogens (tertiary/aromatic N) is 4. The minimum atomic E-state index is -1.26. The fourth-order valence-electron chi connectivity index (χ4n) is 4.56. The van der Waals surface area contributed by atoms with Gasteiger partial charge in [0.25, 0.3) is 0 Å². The predicted molar refractivity (Wildman–Crippen MR) is 142 cm³/mol. The molecule has 3 N–H and O–H groups in total. The SMILES string of the molecule is CC(C)C[C@H](N)C(=O)Nc1ccc(CN2CCN(CC(=O)[O-])CCN(CC(=O)[O-])CCN(CC(=O)[O-])CC2)cc1.[Tb+3]. The molecule has 2 rings (SSSR count). The molecule has 13 nitrogen and oxygen atoms in total. The van der Waals surface area contributed by atoms with Crippen molar-refractivity contribution in [2.75, 3.05) is 77.3 Å². The van der Waals surface area contributed by atoms with E-state index in [0.29, 0.717) is 63.8 Å². The molecule has 1 saturated heterocycles. The number of aliphatic carboxylic acids is 3. The zero-order chi connectivity index (χ0) is 29.7. The van der Waals surface area contributed by atoms with Crippen molar-refractivity contribution < 1.29 is 73.1 Å². The van der Waals surface area contributed by atoms with Crippen LogP contribution in [0, 0.1) is 44.5 Å². The fraction of sp³-hybridized carbons (Fsp3) is 0.630. The number of hydrogen-bond donors (Lipinski definition) is 2. The van der Waals surface area contributed by atoms with Crippen molar-refractivity contribution in [3.8, 4) is 0 Å². The van der Waals surface area contributed by atoms with Crippen LogP contribution < -0.4 is 26.4 Å². The predicted octanol–water partition coefficient (Wildman–Crippen LogP) is -4.03. The Bertz CT molecular complexity index is 949. The number of benzene rings is 1. The summed E-state index contributed by atoms with van der Waals surface area (Å²) in [6, 6.07) is 6.76. The monoisotopic (exact) mass is 720 g/mol. The third kappa shape index (κ3) is 15.8. The molecular formula is C27H41N6O7Tb. The number of anilines is 1. The second kappa shape index (κ2) is 19.4. The number of rotatable bonds is 12. The summed E-state index contributed by atoms with van der Waals surface area (Å²) in [5.74, 6) is -3.66. The quantitative estimate of drug-likeness (QED) is 0.213. The van der Waals surface area contributed by atoms with E-state index < -0.39 is 23.9 Å². The molecule has 1 atom stereocenters. The van der Waals surface area contributed by atoms with E-state index >= 15 is 0 Å². The Labute approximate surface area is 272 Å². The van der Waals surface area contributed by atoms with Crippen LogP contribution in [0.5, 0.6) is 0 Å². The van der Waals surface area contributed by atoms with Gasteiger partial charge in [-0.15, -0.1) is 0 Å². The molecule has 0 aliphatic carbocycles. The first-order valence-electron chi connectivity index (χ1n) is 13.6. The molecule has 1 aliphatic rings. The number of carboxylic acids is 3. The Hall–Kier alpha value is -1.81. The molecule has 0 radical (unpaired) electrons. The first-order chi connectivity index (χ1) is 18.9. The topological polar surface area (TPSA) is 188 Å². The van der Waals surface area contributed by atoms with Gasteiger partial charge < -0.3 is 40.8 Å². The molecule has 14 heteroatoms. The average molecular weight is 721 g/mol. The van der Waals surface area contributed by atoms with Gasteiger partial charge in [0.15, 0.2) is 0 Å². The average Bonchev–Trinajstić information content (AvgIpc) is 2.85. The number of carboxylic acid groups (broad SMARTS) is 3. The molecule has 41 heavy (non-hydrogen) atoms. The maximum atomic E-state index is 12.3. The van der Waals surface area contributed by atoms with Gasteiger partial charge in [-0.3, -0.25) is 24.4 Å². The number of nitrogens with one attached hydrogen (secondary N) is 1. The van der Waals surface area contributed by atoms with Crippen LogP contribution in [0.2, 0.25) is 0 Å². The number of carbonyl (C=O) groups excluding carboxylic acids is 4. The third-order valence-electron chi connectivity index (χ3n) is 6.68. The Morgan fingerprint density at radius 3 is 1.44 bits per heavy atom. The van der Waals surface area contributed by atoms with E-state index in [1.807, 2.05) is 26.0 Å². The molecule has 1 fully saturated rings. The van der Waals surface area contributed by atoms with Crippen LogP contribution in [0.3, 0.4) is 0 Å². The smallest absolute Gasteiger partial charge is 0.549 e. The molecule has 1 heterocycles. The molecule has 0 bridgehead atoms. The second-order valence-corrected chi connectivity index (χ2v) is 10.6. The van der Waals surface area contributed by atoms with Crippen LogP contribution in [0.1, 0.15) is 25.8 Å². The van der Waals surface area contributed by atoms with E-state index in [2.05, 4.69) is 10.2 Å². The summed E-state index contributed by atoms with van der Waals surface area (Å²) in [7, 11) is 0. The largest absolute Gasteiger partial charge is 3.00 e. The van der Waals surface area contributed by atoms with Crippen molar-refractivity contribution in [2.24, 2.45) is 11.7 Å². The van der Waals surface area contributed by atoms with Crippen LogP contribution in [0.15, 0.2) is 24.3 Å². The van der Waals surface area contributed by atoms with Crippen molar-refractivity contribution in [3.63, 3.8) is 0 Å². The van der Waals surface area contributed by atoms with Crippen LogP contribution in [0.25, 0.3) is 0 Å². The summed E-state index contributed by atoms with van der Waals surface area (Å²) in [4.78, 5) is 53.3. The van der Waals surface area contributed by atoms with Gasteiger partial charge in [-0.25, -0.2) is 0 Å². The maximum Gasteiger partial charge on any atom is 3.00 e. The van der Waals surface area contributed by atoms with Gasteiger partial charge in [0.1, 0.15) is 0 Å². The van der Waals surface area contributed by atoms with Crippen LogP contribution >= 0.6 is 0 Å². The van der Waals surface area contributed by atoms with E-state index in [1.165, 1.54) is 0 Å². The molecule has 0 aromatic heterocycles. The zero-order valence-corrected chi connectivity index (χ0v) is 25.9. The Kier molecular flexibility index (Phi) is 17.6.